The first-order chi connectivity index (χ1) is 13.6. The third-order valence-electron chi connectivity index (χ3n) is 4.85. The van der Waals surface area contributed by atoms with E-state index in [1.165, 1.54) is 5.56 Å². The smallest absolute Gasteiger partial charge is 0.321 e. The first-order valence-corrected chi connectivity index (χ1v) is 9.28. The number of methoxy groups -OCH3 is 2. The summed E-state index contributed by atoms with van der Waals surface area (Å²) >= 11 is 0. The van der Waals surface area contributed by atoms with Crippen molar-refractivity contribution in [2.45, 2.75) is 19.5 Å². The summed E-state index contributed by atoms with van der Waals surface area (Å²) in [5, 5.41) is 5.11. The second kappa shape index (κ2) is 9.23. The van der Waals surface area contributed by atoms with Crippen LogP contribution in [0.5, 0.6) is 11.5 Å². The van der Waals surface area contributed by atoms with Gasteiger partial charge < -0.3 is 19.7 Å². The van der Waals surface area contributed by atoms with E-state index in [1.54, 1.807) is 14.2 Å². The normalized spacial score (nSPS) is 15.3. The van der Waals surface area contributed by atoms with Crippen molar-refractivity contribution in [3.05, 3.63) is 59.2 Å². The summed E-state index contributed by atoms with van der Waals surface area (Å²) in [4.78, 5) is 25.3. The van der Waals surface area contributed by atoms with E-state index >= 15 is 0 Å². The first kappa shape index (κ1) is 19.7. The monoisotopic (exact) mass is 384 g/mol. The van der Waals surface area contributed by atoms with Gasteiger partial charge in [0.25, 0.3) is 5.91 Å². The minimum Gasteiger partial charge on any atom is -0.493 e. The zero-order chi connectivity index (χ0) is 19.9. The van der Waals surface area contributed by atoms with E-state index in [4.69, 9.17) is 9.47 Å². The van der Waals surface area contributed by atoms with Gasteiger partial charge in [0.15, 0.2) is 18.0 Å². The lowest BCUT2D eigenvalue weighted by molar-refractivity contribution is -0.908. The Labute approximate surface area is 164 Å². The van der Waals surface area contributed by atoms with Gasteiger partial charge >= 0.3 is 6.03 Å². The lowest BCUT2D eigenvalue weighted by Crippen LogP contribution is -3.13. The van der Waals surface area contributed by atoms with Crippen LogP contribution in [0.4, 0.5) is 4.79 Å². The number of ether oxygens (including phenoxy) is 2. The summed E-state index contributed by atoms with van der Waals surface area (Å²) in [5.41, 5.74) is 3.33. The highest BCUT2D eigenvalue weighted by atomic mass is 16.5. The fourth-order valence-electron chi connectivity index (χ4n) is 3.40. The Bertz CT molecular complexity index is 839. The molecule has 1 atom stereocenters. The van der Waals surface area contributed by atoms with Gasteiger partial charge in [-0.3, -0.25) is 10.1 Å². The third-order valence-corrected chi connectivity index (χ3v) is 4.85. The predicted molar refractivity (Wildman–Crippen MR) is 104 cm³/mol. The van der Waals surface area contributed by atoms with E-state index in [-0.39, 0.29) is 12.5 Å². The van der Waals surface area contributed by atoms with Crippen LogP contribution in [0.2, 0.25) is 0 Å². The molecule has 1 heterocycles. The molecule has 0 aliphatic carbocycles. The summed E-state index contributed by atoms with van der Waals surface area (Å²) in [6.07, 6.45) is 0.846. The van der Waals surface area contributed by atoms with E-state index in [0.29, 0.717) is 18.8 Å². The molecule has 0 bridgehead atoms. The van der Waals surface area contributed by atoms with Crippen molar-refractivity contribution >= 4 is 11.9 Å². The maximum absolute atomic E-state index is 12.2. The molecule has 28 heavy (non-hydrogen) atoms. The van der Waals surface area contributed by atoms with Gasteiger partial charge in [-0.2, -0.15) is 0 Å². The molecular weight excluding hydrogens is 358 g/mol. The molecule has 0 radical (unpaired) electrons. The number of benzene rings is 2. The first-order valence-electron chi connectivity index (χ1n) is 9.28. The van der Waals surface area contributed by atoms with Crippen molar-refractivity contribution in [1.29, 1.82) is 0 Å². The number of quaternary nitrogens is 1. The van der Waals surface area contributed by atoms with Crippen molar-refractivity contribution < 1.29 is 24.0 Å². The number of hydrogen-bond acceptors (Lipinski definition) is 4. The maximum atomic E-state index is 12.2. The highest BCUT2D eigenvalue weighted by Gasteiger charge is 2.24. The summed E-state index contributed by atoms with van der Waals surface area (Å²) < 4.78 is 10.7. The Morgan fingerprint density at radius 3 is 2.39 bits per heavy atom. The fourth-order valence-corrected chi connectivity index (χ4v) is 3.40. The zero-order valence-corrected chi connectivity index (χ0v) is 16.2. The Hall–Kier alpha value is -3.06. The number of carbonyl (C=O) groups excluding carboxylic acids is 2. The number of imide groups is 1. The molecule has 0 aromatic heterocycles. The van der Waals surface area contributed by atoms with Crippen LogP contribution in [0, 0.1) is 0 Å². The van der Waals surface area contributed by atoms with Crippen molar-refractivity contribution in [3.8, 4) is 11.5 Å². The van der Waals surface area contributed by atoms with Crippen molar-refractivity contribution in [2.24, 2.45) is 0 Å². The highest BCUT2D eigenvalue weighted by molar-refractivity contribution is 5.94. The lowest BCUT2D eigenvalue weighted by atomic mass is 9.99. The van der Waals surface area contributed by atoms with E-state index in [9.17, 15) is 9.59 Å². The predicted octanol–water partition coefficient (Wildman–Crippen LogP) is 0.671. The molecule has 7 heteroatoms. The molecule has 2 aromatic carbocycles. The van der Waals surface area contributed by atoms with Crippen molar-refractivity contribution in [3.63, 3.8) is 0 Å². The lowest BCUT2D eigenvalue weighted by Gasteiger charge is -2.26. The molecule has 148 valence electrons. The van der Waals surface area contributed by atoms with Gasteiger partial charge in [0.2, 0.25) is 0 Å². The summed E-state index contributed by atoms with van der Waals surface area (Å²) in [6, 6.07) is 13.1. The van der Waals surface area contributed by atoms with E-state index < -0.39 is 6.03 Å². The minimum absolute atomic E-state index is 0.243. The Balaban J connectivity index is 1.50. The Morgan fingerprint density at radius 1 is 1.04 bits per heavy atom. The van der Waals surface area contributed by atoms with Crippen molar-refractivity contribution in [2.75, 3.05) is 27.3 Å². The molecule has 1 aliphatic heterocycles. The third kappa shape index (κ3) is 5.01. The van der Waals surface area contributed by atoms with Crippen LogP contribution >= 0.6 is 0 Å². The van der Waals surface area contributed by atoms with Gasteiger partial charge in [-0.15, -0.1) is 0 Å². The number of fused-ring (bicyclic) bond motifs is 1. The number of nitrogens with one attached hydrogen (secondary N) is 3. The topological polar surface area (TPSA) is 81.1 Å². The van der Waals surface area contributed by atoms with Gasteiger partial charge in [-0.1, -0.05) is 30.3 Å². The zero-order valence-electron chi connectivity index (χ0n) is 16.2. The van der Waals surface area contributed by atoms with Gasteiger partial charge in [0.1, 0.15) is 6.54 Å². The number of hydrogen-bond donors (Lipinski definition) is 3. The fraction of sp³-hybridized carbons (Fsp3) is 0.333. The van der Waals surface area contributed by atoms with E-state index in [0.717, 1.165) is 34.7 Å². The molecule has 2 aromatic rings. The summed E-state index contributed by atoms with van der Waals surface area (Å²) in [5.74, 6) is 1.12. The van der Waals surface area contributed by atoms with Crippen LogP contribution < -0.4 is 25.0 Å². The van der Waals surface area contributed by atoms with Crippen LogP contribution in [0.15, 0.2) is 42.5 Å². The highest BCUT2D eigenvalue weighted by Crippen LogP contribution is 2.31. The molecule has 0 saturated heterocycles. The van der Waals surface area contributed by atoms with Gasteiger partial charge in [-0.05, 0) is 23.3 Å². The summed E-state index contributed by atoms with van der Waals surface area (Å²) in [7, 11) is 3.23. The molecule has 3 rings (SSSR count). The molecule has 0 fully saturated rings. The summed E-state index contributed by atoms with van der Waals surface area (Å²) in [6.45, 7) is 2.15. The average molecular weight is 384 g/mol. The molecule has 1 unspecified atom stereocenters. The molecule has 3 N–H and O–H groups in total. The second-order valence-electron chi connectivity index (χ2n) is 6.80. The van der Waals surface area contributed by atoms with Crippen molar-refractivity contribution in [1.82, 2.24) is 10.6 Å². The molecule has 0 saturated carbocycles. The average Bonchev–Trinajstić information content (AvgIpc) is 2.71. The molecule has 0 spiro atoms. The SMILES string of the molecule is COc1cc2c(cc1OC)C[NH+](CC(=O)NC(=O)NCc1ccccc1)CC2. The molecule has 3 amide bonds. The Morgan fingerprint density at radius 2 is 1.71 bits per heavy atom. The van der Waals surface area contributed by atoms with Crippen LogP contribution in [-0.2, 0) is 24.3 Å². The molecule has 7 nitrogen and oxygen atoms in total. The number of rotatable bonds is 6. The van der Waals surface area contributed by atoms with E-state index in [2.05, 4.69) is 10.6 Å². The van der Waals surface area contributed by atoms with E-state index in [1.807, 2.05) is 42.5 Å². The van der Waals surface area contributed by atoms with Gasteiger partial charge in [0, 0.05) is 18.5 Å². The maximum Gasteiger partial charge on any atom is 0.321 e. The number of carbonyl (C=O) groups is 2. The van der Waals surface area contributed by atoms with Crippen LogP contribution in [0.3, 0.4) is 0 Å². The quantitative estimate of drug-likeness (QED) is 0.684. The van der Waals surface area contributed by atoms with Crippen LogP contribution in [-0.4, -0.2) is 39.2 Å². The standard InChI is InChI=1S/C21H25N3O4/c1-27-18-10-16-8-9-24(13-17(16)11-19(18)28-2)14-20(25)23-21(26)22-12-15-6-4-3-5-7-15/h3-7,10-11H,8-9,12-14H2,1-2H3,(H2,22,23,25,26)/p+1. The second-order valence-corrected chi connectivity index (χ2v) is 6.80. The number of urea groups is 1. The number of amides is 3. The van der Waals surface area contributed by atoms with Gasteiger partial charge in [0.05, 0.1) is 20.8 Å². The van der Waals surface area contributed by atoms with Crippen LogP contribution in [0.1, 0.15) is 16.7 Å². The molecular formula is C21H26N3O4+. The van der Waals surface area contributed by atoms with Crippen LogP contribution in [0.25, 0.3) is 0 Å². The Kier molecular flexibility index (Phi) is 6.49. The molecule has 1 aliphatic rings. The van der Waals surface area contributed by atoms with Gasteiger partial charge in [-0.25, -0.2) is 4.79 Å². The largest absolute Gasteiger partial charge is 0.493 e. The minimum atomic E-state index is -0.475.